The van der Waals surface area contributed by atoms with Crippen molar-refractivity contribution in [1.29, 1.82) is 0 Å². The zero-order valence-electron chi connectivity index (χ0n) is 94.3. The molecule has 4 heterocycles. The van der Waals surface area contributed by atoms with Gasteiger partial charge in [0.25, 0.3) is 0 Å². The van der Waals surface area contributed by atoms with Crippen molar-refractivity contribution in [3.05, 3.63) is 308 Å². The summed E-state index contributed by atoms with van der Waals surface area (Å²) in [6.07, 6.45) is 34.2. The maximum absolute atomic E-state index is 11.2. The summed E-state index contributed by atoms with van der Waals surface area (Å²) in [6, 6.07) is 75.2. The number of carbonyl (C=O) groups is 4. The third kappa shape index (κ3) is 45.5. The zero-order chi connectivity index (χ0) is 106. The number of aliphatic hydroxyl groups is 4. The molecule has 0 saturated heterocycles. The fourth-order valence-electron chi connectivity index (χ4n) is 20.3. The van der Waals surface area contributed by atoms with E-state index < -0.39 is 0 Å². The van der Waals surface area contributed by atoms with Gasteiger partial charge in [0.1, 0.15) is 0 Å². The molecule has 4 saturated carbocycles. The summed E-state index contributed by atoms with van der Waals surface area (Å²) < 4.78 is 0. The van der Waals surface area contributed by atoms with E-state index in [1.54, 1.807) is 0 Å². The molecule has 4 aromatic heterocycles. The summed E-state index contributed by atoms with van der Waals surface area (Å²) in [5, 5.41) is 42.7. The molecule has 0 bridgehead atoms. The van der Waals surface area contributed by atoms with Crippen LogP contribution in [-0.4, -0.2) is 63.5 Å². The van der Waals surface area contributed by atoms with Gasteiger partial charge in [-0.05, 0) is 192 Å². The van der Waals surface area contributed by atoms with Gasteiger partial charge in [-0.15, -0.1) is 140 Å². The molecule has 8 aromatic carbocycles. The molecule has 4 radical (unpaired) electrons. The number of nitrogens with zero attached hydrogens (tertiary/aromatic N) is 4. The van der Waals surface area contributed by atoms with Crippen LogP contribution in [0.15, 0.2) is 217 Å². The maximum atomic E-state index is 11.2. The number of aromatic nitrogens is 4. The molecular weight excluding hydrogens is 2560 g/mol. The number of hydrogen-bond acceptors (Lipinski definition) is 12. The Morgan fingerprint density at radius 3 is 0.607 bits per heavy atom. The van der Waals surface area contributed by atoms with Crippen LogP contribution >= 0.6 is 0 Å². The van der Waals surface area contributed by atoms with Gasteiger partial charge in [-0.3, -0.25) is 39.1 Å². The Hall–Kier alpha value is -9.16. The summed E-state index contributed by atoms with van der Waals surface area (Å²) in [5.74, 6) is 6.79. The van der Waals surface area contributed by atoms with Crippen LogP contribution in [0.1, 0.15) is 368 Å². The van der Waals surface area contributed by atoms with Crippen LogP contribution in [0.25, 0.3) is 88.6 Å². The zero-order valence-corrected chi connectivity index (χ0v) is 104. The van der Waals surface area contributed by atoms with E-state index in [4.69, 9.17) is 19.9 Å². The molecule has 16 rings (SSSR count). The van der Waals surface area contributed by atoms with Crippen molar-refractivity contribution < 1.29 is 120 Å². The minimum Gasteiger partial charge on any atom is -0.512 e. The predicted molar refractivity (Wildman–Crippen MR) is 615 cm³/mol. The van der Waals surface area contributed by atoms with Crippen molar-refractivity contribution in [2.75, 3.05) is 0 Å². The summed E-state index contributed by atoms with van der Waals surface area (Å²) in [4.78, 5) is 64.6. The number of ketones is 4. The molecule has 4 aliphatic carbocycles. The molecule has 12 nitrogen and oxygen atoms in total. The molecule has 0 spiro atoms. The third-order valence-electron chi connectivity index (χ3n) is 26.7. The van der Waals surface area contributed by atoms with E-state index in [2.05, 4.69) is 250 Å². The van der Waals surface area contributed by atoms with E-state index in [0.29, 0.717) is 111 Å². The number of fused-ring (bicyclic) bond motifs is 4. The number of benzene rings is 8. The van der Waals surface area contributed by atoms with E-state index in [1.165, 1.54) is 228 Å². The minimum absolute atomic E-state index is 0. The molecule has 150 heavy (non-hydrogen) atoms. The van der Waals surface area contributed by atoms with Crippen molar-refractivity contribution in [1.82, 2.24) is 19.9 Å². The Kier molecular flexibility index (Phi) is 58.5. The van der Waals surface area contributed by atoms with E-state index in [0.717, 1.165) is 78.9 Å². The second kappa shape index (κ2) is 66.8. The predicted octanol–water partition coefficient (Wildman–Crippen LogP) is 37.0. The first-order valence-electron chi connectivity index (χ1n) is 54.8. The first kappa shape index (κ1) is 131. The molecule has 4 fully saturated rings. The van der Waals surface area contributed by atoms with Crippen LogP contribution in [0.5, 0.6) is 0 Å². The second-order valence-corrected chi connectivity index (χ2v) is 45.3. The molecule has 0 atom stereocenters. The second-order valence-electron chi connectivity index (χ2n) is 45.3. The van der Waals surface area contributed by atoms with Crippen LogP contribution in [-0.2, 0) is 99.6 Å². The number of aliphatic hydroxyl groups excluding tert-OH is 4. The number of allylic oxidation sites excluding steroid dienone is 8. The molecule has 12 aromatic rings. The summed E-state index contributed by atoms with van der Waals surface area (Å²) in [7, 11) is 0. The molecule has 4 N–H and O–H groups in total. The van der Waals surface area contributed by atoms with E-state index in [9.17, 15) is 39.6 Å². The summed E-state index contributed by atoms with van der Waals surface area (Å²) in [6.45, 7) is 48.9. The van der Waals surface area contributed by atoms with Crippen molar-refractivity contribution in [3.63, 3.8) is 0 Å². The standard InChI is InChI=1S/C24H26N.C23H24N.C22H22N.C21H20N.4C11H20O2.4Ir/c1-17-14-18(2)16-20(15-17)23-13-12-22-21(10-7-11-24(22)25-23)19-8-5-3-4-6-9-19;1-16-13-17(2)15-19(14-16)22-12-11-21-20(9-6-10-23(21)24-22)18-7-4-3-5-8-18;1-15-12-16(2)14-18(13-15)21-11-10-20-19(17-6-3-4-7-17)8-5-9-22(20)23-21;1-14-11-15(2)13-17(12-14)20-10-9-19-18(16-5-3-6-16)7-4-8-21(19)22-20;4*1-8(2)5-10(12)7-11(13)6-9(3)4;;;;/h7,10-15,19H,3-6,8-9H2,1-2H3;6,9-14,18H,3-5,7-8H2,1-2H3;5,8-13,17H,3-4,6-7H2,1-2H3;4,7-12,16H,3,5-6H2,1-2H3;4*7-9,12H,5-6H2,1-4H3;;;;/q4*-1;;;;;;;;. The van der Waals surface area contributed by atoms with E-state index in [1.807, 2.05) is 111 Å². The van der Waals surface area contributed by atoms with Crippen LogP contribution in [0.4, 0.5) is 0 Å². The Morgan fingerprint density at radius 1 is 0.253 bits per heavy atom. The van der Waals surface area contributed by atoms with Crippen LogP contribution in [0.2, 0.25) is 0 Å². The SMILES string of the molecule is CC(C)CC(=O)C=C(O)CC(C)C.CC(C)CC(=O)C=C(O)CC(C)C.CC(C)CC(=O)C=C(O)CC(C)C.CC(C)CC(=O)C=C(O)CC(C)C.Cc1[c-]c(-c2ccc3c(C4CCC4)cccc3n2)cc(C)c1.Cc1[c-]c(-c2ccc3c(C4CCCC4)cccc3n2)cc(C)c1.Cc1[c-]c(-c2ccc3c(C4CCCCC4)cccc3n2)cc(C)c1.Cc1[c-]c(-c2ccc3c(C4CCCCCC4)cccc3n2)cc(C)c1.[Ir].[Ir].[Ir].[Ir]. The monoisotopic (exact) mass is 2740 g/mol. The first-order chi connectivity index (χ1) is 69.5. The Morgan fingerprint density at radius 2 is 0.433 bits per heavy atom. The number of hydrogen-bond donors (Lipinski definition) is 4. The number of rotatable bonds is 28. The molecule has 0 aliphatic heterocycles. The Labute approximate surface area is 955 Å². The molecule has 816 valence electrons. The fourth-order valence-corrected chi connectivity index (χ4v) is 20.3. The summed E-state index contributed by atoms with van der Waals surface area (Å²) in [5.41, 5.74) is 28.6. The fraction of sp³-hybridized carbons (Fsp3) is 0.463. The first-order valence-corrected chi connectivity index (χ1v) is 54.8. The molecule has 4 aliphatic rings. The van der Waals surface area contributed by atoms with Crippen molar-refractivity contribution in [2.45, 2.75) is 357 Å². The molecular formula is C134H172Ir4N4O8-4. The number of pyridine rings is 4. The van der Waals surface area contributed by atoms with Crippen molar-refractivity contribution in [2.24, 2.45) is 47.3 Å². The smallest absolute Gasteiger partial charge is 0.159 e. The quantitative estimate of drug-likeness (QED) is 0.0157. The average Bonchev–Trinajstić information content (AvgIpc) is 0.975. The molecule has 0 unspecified atom stereocenters. The maximum Gasteiger partial charge on any atom is 0.159 e. The minimum atomic E-state index is 0. The summed E-state index contributed by atoms with van der Waals surface area (Å²) >= 11 is 0. The van der Waals surface area contributed by atoms with Gasteiger partial charge in [0.05, 0.1) is 45.1 Å². The van der Waals surface area contributed by atoms with Gasteiger partial charge in [-0.2, -0.15) is 0 Å². The van der Waals surface area contributed by atoms with Crippen molar-refractivity contribution >= 4 is 66.7 Å². The Balaban J connectivity index is 0.000000305. The average molecular weight is 2740 g/mol. The van der Waals surface area contributed by atoms with Crippen molar-refractivity contribution in [3.8, 4) is 45.0 Å². The number of aryl methyl sites for hydroxylation is 8. The van der Waals surface area contributed by atoms with Gasteiger partial charge in [-0.1, -0.05) is 327 Å². The van der Waals surface area contributed by atoms with Gasteiger partial charge in [0, 0.05) is 178 Å². The normalized spacial score (nSPS) is 14.1. The largest absolute Gasteiger partial charge is 0.512 e. The van der Waals surface area contributed by atoms with Crippen LogP contribution in [0, 0.1) is 127 Å². The van der Waals surface area contributed by atoms with Gasteiger partial charge in [0.2, 0.25) is 0 Å². The Bertz CT molecular complexity index is 6130. The van der Waals surface area contributed by atoms with E-state index >= 15 is 0 Å². The molecule has 0 amide bonds. The van der Waals surface area contributed by atoms with Crippen LogP contribution in [0.3, 0.4) is 0 Å². The van der Waals surface area contributed by atoms with Gasteiger partial charge in [0.15, 0.2) is 23.1 Å². The van der Waals surface area contributed by atoms with Crippen LogP contribution < -0.4 is 0 Å². The van der Waals surface area contributed by atoms with Gasteiger partial charge >= 0.3 is 0 Å². The topological polar surface area (TPSA) is 201 Å². The number of carbonyl (C=O) groups excluding carboxylic acids is 4. The third-order valence-corrected chi connectivity index (χ3v) is 26.7. The van der Waals surface area contributed by atoms with Gasteiger partial charge < -0.3 is 20.4 Å². The van der Waals surface area contributed by atoms with E-state index in [-0.39, 0.29) is 127 Å². The molecule has 16 heteroatoms. The van der Waals surface area contributed by atoms with Gasteiger partial charge in [-0.25, -0.2) is 0 Å².